The lowest BCUT2D eigenvalue weighted by Crippen LogP contribution is -2.26. The molecule has 0 atom stereocenters. The molecule has 1 aliphatic carbocycles. The number of alkyl halides is 1. The highest BCUT2D eigenvalue weighted by molar-refractivity contribution is 6.20. The van der Waals surface area contributed by atoms with Gasteiger partial charge >= 0.3 is 0 Å². The van der Waals surface area contributed by atoms with E-state index in [9.17, 15) is 0 Å². The lowest BCUT2D eigenvalue weighted by Gasteiger charge is -2.26. The Bertz CT molecular complexity index is 340. The molecule has 4 nitrogen and oxygen atoms in total. The third-order valence-electron chi connectivity index (χ3n) is 2.83. The van der Waals surface area contributed by atoms with Crippen LogP contribution in [0.25, 0.3) is 0 Å². The molecule has 2 rings (SSSR count). The SMILES string of the molecule is COc1cncc(NC2CCC(Cl)CC2)n1. The summed E-state index contributed by atoms with van der Waals surface area (Å²) in [4.78, 5) is 8.34. The molecule has 16 heavy (non-hydrogen) atoms. The number of hydrogen-bond donors (Lipinski definition) is 1. The van der Waals surface area contributed by atoms with Crippen LogP contribution in [0.15, 0.2) is 12.4 Å². The number of aromatic nitrogens is 2. The molecule has 0 bridgehead atoms. The van der Waals surface area contributed by atoms with E-state index in [2.05, 4.69) is 15.3 Å². The van der Waals surface area contributed by atoms with E-state index >= 15 is 0 Å². The van der Waals surface area contributed by atoms with Crippen molar-refractivity contribution in [2.24, 2.45) is 0 Å². The Balaban J connectivity index is 1.93. The molecule has 0 radical (unpaired) electrons. The minimum absolute atomic E-state index is 0.342. The number of ether oxygens (including phenoxy) is 1. The highest BCUT2D eigenvalue weighted by atomic mass is 35.5. The van der Waals surface area contributed by atoms with Gasteiger partial charge in [-0.05, 0) is 25.7 Å². The molecule has 1 aromatic heterocycles. The van der Waals surface area contributed by atoms with Crippen LogP contribution in [0, 0.1) is 0 Å². The molecular weight excluding hydrogens is 226 g/mol. The molecule has 1 aliphatic rings. The van der Waals surface area contributed by atoms with Gasteiger partial charge in [-0.1, -0.05) is 0 Å². The number of halogens is 1. The van der Waals surface area contributed by atoms with Gasteiger partial charge in [-0.3, -0.25) is 4.98 Å². The van der Waals surface area contributed by atoms with Crippen LogP contribution in [0.1, 0.15) is 25.7 Å². The van der Waals surface area contributed by atoms with E-state index in [1.165, 1.54) is 0 Å². The van der Waals surface area contributed by atoms with E-state index in [0.717, 1.165) is 31.5 Å². The maximum atomic E-state index is 6.06. The topological polar surface area (TPSA) is 47.0 Å². The first-order valence-electron chi connectivity index (χ1n) is 5.54. The van der Waals surface area contributed by atoms with Crippen LogP contribution in [0.4, 0.5) is 5.82 Å². The molecule has 0 amide bonds. The van der Waals surface area contributed by atoms with E-state index in [0.29, 0.717) is 17.3 Å². The van der Waals surface area contributed by atoms with Gasteiger partial charge in [0, 0.05) is 11.4 Å². The van der Waals surface area contributed by atoms with Crippen molar-refractivity contribution in [2.45, 2.75) is 37.1 Å². The standard InChI is InChI=1S/C11H16ClN3O/c1-16-11-7-13-6-10(15-11)14-9-4-2-8(12)3-5-9/h6-9H,2-5H2,1H3,(H,14,15). The maximum absolute atomic E-state index is 6.06. The lowest BCUT2D eigenvalue weighted by molar-refractivity contribution is 0.395. The summed E-state index contributed by atoms with van der Waals surface area (Å²) in [6.45, 7) is 0. The first-order valence-corrected chi connectivity index (χ1v) is 5.98. The number of nitrogens with one attached hydrogen (secondary N) is 1. The first kappa shape index (κ1) is 11.5. The lowest BCUT2D eigenvalue weighted by atomic mass is 9.95. The fraction of sp³-hybridized carbons (Fsp3) is 0.636. The highest BCUT2D eigenvalue weighted by Crippen LogP contribution is 2.25. The van der Waals surface area contributed by atoms with Crippen LogP contribution in [0.3, 0.4) is 0 Å². The summed E-state index contributed by atoms with van der Waals surface area (Å²) in [5, 5.41) is 3.71. The molecule has 0 aliphatic heterocycles. The molecule has 0 aromatic carbocycles. The molecule has 5 heteroatoms. The predicted octanol–water partition coefficient (Wildman–Crippen LogP) is 2.45. The molecule has 1 aromatic rings. The number of methoxy groups -OCH3 is 1. The van der Waals surface area contributed by atoms with Crippen molar-refractivity contribution in [1.82, 2.24) is 9.97 Å². The van der Waals surface area contributed by atoms with Crippen LogP contribution in [0.5, 0.6) is 5.88 Å². The molecule has 1 N–H and O–H groups in total. The fourth-order valence-electron chi connectivity index (χ4n) is 1.92. The second-order valence-electron chi connectivity index (χ2n) is 4.04. The molecule has 0 unspecified atom stereocenters. The first-order chi connectivity index (χ1) is 7.78. The highest BCUT2D eigenvalue weighted by Gasteiger charge is 2.19. The van der Waals surface area contributed by atoms with Gasteiger partial charge < -0.3 is 10.1 Å². The van der Waals surface area contributed by atoms with Gasteiger partial charge in [0.15, 0.2) is 0 Å². The van der Waals surface area contributed by atoms with Gasteiger partial charge in [-0.25, -0.2) is 0 Å². The normalized spacial score (nSPS) is 25.1. The number of hydrogen-bond acceptors (Lipinski definition) is 4. The zero-order chi connectivity index (χ0) is 11.4. The largest absolute Gasteiger partial charge is 0.480 e. The summed E-state index contributed by atoms with van der Waals surface area (Å²) in [5.74, 6) is 1.31. The Morgan fingerprint density at radius 3 is 2.75 bits per heavy atom. The van der Waals surface area contributed by atoms with Gasteiger partial charge in [0.25, 0.3) is 0 Å². The molecule has 88 valence electrons. The van der Waals surface area contributed by atoms with Crippen molar-refractivity contribution in [3.8, 4) is 5.88 Å². The average Bonchev–Trinajstić information content (AvgIpc) is 2.32. The van der Waals surface area contributed by atoms with Crippen LogP contribution in [-0.2, 0) is 0 Å². The van der Waals surface area contributed by atoms with E-state index < -0.39 is 0 Å². The van der Waals surface area contributed by atoms with E-state index in [4.69, 9.17) is 16.3 Å². The molecule has 0 spiro atoms. The molecular formula is C11H16ClN3O. The van der Waals surface area contributed by atoms with Gasteiger partial charge in [0.2, 0.25) is 5.88 Å². The zero-order valence-corrected chi connectivity index (χ0v) is 10.1. The summed E-state index contributed by atoms with van der Waals surface area (Å²) in [6, 6.07) is 0.455. The van der Waals surface area contributed by atoms with Crippen molar-refractivity contribution in [3.05, 3.63) is 12.4 Å². The predicted molar refractivity (Wildman–Crippen MR) is 64.1 cm³/mol. The minimum atomic E-state index is 0.342. The Hall–Kier alpha value is -1.03. The Labute approximate surface area is 100 Å². The minimum Gasteiger partial charge on any atom is -0.480 e. The smallest absolute Gasteiger partial charge is 0.233 e. The van der Waals surface area contributed by atoms with Gasteiger partial charge in [0.05, 0.1) is 19.5 Å². The fourth-order valence-corrected chi connectivity index (χ4v) is 2.17. The summed E-state index contributed by atoms with van der Waals surface area (Å²) in [6.07, 6.45) is 7.63. The Morgan fingerprint density at radius 1 is 1.31 bits per heavy atom. The summed E-state index contributed by atoms with van der Waals surface area (Å²) >= 11 is 6.06. The van der Waals surface area contributed by atoms with Gasteiger partial charge in [-0.15, -0.1) is 11.6 Å². The van der Waals surface area contributed by atoms with E-state index in [-0.39, 0.29) is 0 Å². The van der Waals surface area contributed by atoms with Crippen LogP contribution < -0.4 is 10.1 Å². The molecule has 1 fully saturated rings. The van der Waals surface area contributed by atoms with Gasteiger partial charge in [0.1, 0.15) is 5.82 Å². The number of nitrogens with zero attached hydrogens (tertiary/aromatic N) is 2. The quantitative estimate of drug-likeness (QED) is 0.826. The van der Waals surface area contributed by atoms with E-state index in [1.807, 2.05) is 0 Å². The Kier molecular flexibility index (Phi) is 3.83. The van der Waals surface area contributed by atoms with Crippen LogP contribution in [0.2, 0.25) is 0 Å². The van der Waals surface area contributed by atoms with Crippen molar-refractivity contribution < 1.29 is 4.74 Å². The third-order valence-corrected chi connectivity index (χ3v) is 3.27. The number of rotatable bonds is 3. The Morgan fingerprint density at radius 2 is 2.06 bits per heavy atom. The monoisotopic (exact) mass is 241 g/mol. The summed E-state index contributed by atoms with van der Waals surface area (Å²) in [5.41, 5.74) is 0. The van der Waals surface area contributed by atoms with Crippen molar-refractivity contribution >= 4 is 17.4 Å². The van der Waals surface area contributed by atoms with Crippen molar-refractivity contribution in [1.29, 1.82) is 0 Å². The summed E-state index contributed by atoms with van der Waals surface area (Å²) in [7, 11) is 1.59. The zero-order valence-electron chi connectivity index (χ0n) is 9.32. The van der Waals surface area contributed by atoms with E-state index in [1.54, 1.807) is 19.5 Å². The summed E-state index contributed by atoms with van der Waals surface area (Å²) < 4.78 is 5.03. The van der Waals surface area contributed by atoms with Crippen molar-refractivity contribution in [2.75, 3.05) is 12.4 Å². The molecule has 1 saturated carbocycles. The molecule has 1 heterocycles. The molecule has 0 saturated heterocycles. The van der Waals surface area contributed by atoms with Crippen LogP contribution >= 0.6 is 11.6 Å². The van der Waals surface area contributed by atoms with Crippen molar-refractivity contribution in [3.63, 3.8) is 0 Å². The van der Waals surface area contributed by atoms with Crippen LogP contribution in [-0.4, -0.2) is 28.5 Å². The second kappa shape index (κ2) is 5.34. The average molecular weight is 242 g/mol. The van der Waals surface area contributed by atoms with Gasteiger partial charge in [-0.2, -0.15) is 4.98 Å². The second-order valence-corrected chi connectivity index (χ2v) is 4.66. The maximum Gasteiger partial charge on any atom is 0.233 e. The third kappa shape index (κ3) is 2.98. The number of anilines is 1.